The van der Waals surface area contributed by atoms with Crippen molar-refractivity contribution in [1.82, 2.24) is 5.32 Å². The summed E-state index contributed by atoms with van der Waals surface area (Å²) < 4.78 is 19.4. The highest BCUT2D eigenvalue weighted by Crippen LogP contribution is 2.29. The Morgan fingerprint density at radius 2 is 2.28 bits per heavy atom. The SMILES string of the molecule is CNC(CSc1cccc(F)c1)c1occc1Br. The summed E-state index contributed by atoms with van der Waals surface area (Å²) in [5, 5.41) is 3.19. The van der Waals surface area contributed by atoms with Crippen LogP contribution in [0.25, 0.3) is 0 Å². The topological polar surface area (TPSA) is 25.2 Å². The second-order valence-corrected chi connectivity index (χ2v) is 5.69. The molecule has 5 heteroatoms. The van der Waals surface area contributed by atoms with Crippen molar-refractivity contribution in [2.45, 2.75) is 10.9 Å². The number of thioether (sulfide) groups is 1. The Bertz CT molecular complexity index is 517. The van der Waals surface area contributed by atoms with Gasteiger partial charge in [0.15, 0.2) is 0 Å². The van der Waals surface area contributed by atoms with Crippen LogP contribution in [0.15, 0.2) is 50.4 Å². The van der Waals surface area contributed by atoms with Gasteiger partial charge in [-0.25, -0.2) is 4.39 Å². The third kappa shape index (κ3) is 3.37. The molecule has 2 rings (SSSR count). The molecule has 0 aliphatic heterocycles. The van der Waals surface area contributed by atoms with Crippen LogP contribution >= 0.6 is 27.7 Å². The van der Waals surface area contributed by atoms with E-state index < -0.39 is 0 Å². The fraction of sp³-hybridized carbons (Fsp3) is 0.231. The molecule has 0 saturated heterocycles. The van der Waals surface area contributed by atoms with E-state index in [1.807, 2.05) is 19.2 Å². The minimum absolute atomic E-state index is 0.0858. The fourth-order valence-electron chi connectivity index (χ4n) is 1.58. The minimum atomic E-state index is -0.208. The van der Waals surface area contributed by atoms with E-state index in [1.165, 1.54) is 12.1 Å². The predicted molar refractivity (Wildman–Crippen MR) is 75.3 cm³/mol. The van der Waals surface area contributed by atoms with Gasteiger partial charge in [-0.05, 0) is 47.2 Å². The second kappa shape index (κ2) is 6.41. The maximum atomic E-state index is 13.1. The Balaban J connectivity index is 2.02. The zero-order chi connectivity index (χ0) is 13.0. The Morgan fingerprint density at radius 3 is 2.89 bits per heavy atom. The third-order valence-corrected chi connectivity index (χ3v) is 4.26. The number of rotatable bonds is 5. The summed E-state index contributed by atoms with van der Waals surface area (Å²) in [5.41, 5.74) is 0. The summed E-state index contributed by atoms with van der Waals surface area (Å²) in [6.45, 7) is 0. The van der Waals surface area contributed by atoms with E-state index in [-0.39, 0.29) is 11.9 Å². The molecule has 0 saturated carbocycles. The Kier molecular flexibility index (Phi) is 4.86. The molecule has 0 aliphatic rings. The number of hydrogen-bond acceptors (Lipinski definition) is 3. The molecule has 0 bridgehead atoms. The molecule has 0 amide bonds. The molecule has 1 atom stereocenters. The number of halogens is 2. The number of furan rings is 1. The number of benzene rings is 1. The minimum Gasteiger partial charge on any atom is -0.466 e. The molecule has 1 aromatic heterocycles. The van der Waals surface area contributed by atoms with Gasteiger partial charge < -0.3 is 9.73 Å². The van der Waals surface area contributed by atoms with Crippen LogP contribution in [0.4, 0.5) is 4.39 Å². The highest BCUT2D eigenvalue weighted by molar-refractivity contribution is 9.10. The average molecular weight is 330 g/mol. The number of hydrogen-bond donors (Lipinski definition) is 1. The van der Waals surface area contributed by atoms with E-state index in [2.05, 4.69) is 21.2 Å². The summed E-state index contributed by atoms with van der Waals surface area (Å²) in [7, 11) is 1.88. The van der Waals surface area contributed by atoms with E-state index >= 15 is 0 Å². The van der Waals surface area contributed by atoms with Gasteiger partial charge in [0.25, 0.3) is 0 Å². The molecule has 2 aromatic rings. The highest BCUT2D eigenvalue weighted by Gasteiger charge is 2.16. The van der Waals surface area contributed by atoms with Crippen molar-refractivity contribution in [3.63, 3.8) is 0 Å². The Labute approximate surface area is 118 Å². The molecule has 1 N–H and O–H groups in total. The molecule has 18 heavy (non-hydrogen) atoms. The van der Waals surface area contributed by atoms with Gasteiger partial charge in [-0.1, -0.05) is 6.07 Å². The summed E-state index contributed by atoms with van der Waals surface area (Å²) in [4.78, 5) is 0.915. The molecule has 1 aromatic carbocycles. The first kappa shape index (κ1) is 13.6. The van der Waals surface area contributed by atoms with Gasteiger partial charge in [0.05, 0.1) is 16.8 Å². The molecular weight excluding hydrogens is 317 g/mol. The van der Waals surface area contributed by atoms with Crippen LogP contribution in [0, 0.1) is 5.82 Å². The molecular formula is C13H13BrFNOS. The third-order valence-electron chi connectivity index (χ3n) is 2.52. The Hall–Kier alpha value is -0.780. The maximum absolute atomic E-state index is 13.1. The van der Waals surface area contributed by atoms with Gasteiger partial charge >= 0.3 is 0 Å². The van der Waals surface area contributed by atoms with Crippen molar-refractivity contribution in [3.8, 4) is 0 Å². The van der Waals surface area contributed by atoms with Gasteiger partial charge in [-0.2, -0.15) is 0 Å². The molecule has 0 fully saturated rings. The van der Waals surface area contributed by atoms with E-state index in [1.54, 1.807) is 24.1 Å². The van der Waals surface area contributed by atoms with Crippen LogP contribution in [0.1, 0.15) is 11.8 Å². The summed E-state index contributed by atoms with van der Waals surface area (Å²) in [5.74, 6) is 1.42. The predicted octanol–water partition coefficient (Wildman–Crippen LogP) is 4.23. The monoisotopic (exact) mass is 329 g/mol. The molecule has 2 nitrogen and oxygen atoms in total. The molecule has 0 radical (unpaired) electrons. The normalized spacial score (nSPS) is 12.6. The van der Waals surface area contributed by atoms with Crippen molar-refractivity contribution >= 4 is 27.7 Å². The first-order chi connectivity index (χ1) is 8.70. The molecule has 0 spiro atoms. The zero-order valence-corrected chi connectivity index (χ0v) is 12.2. The van der Waals surface area contributed by atoms with Crippen molar-refractivity contribution in [3.05, 3.63) is 52.6 Å². The van der Waals surface area contributed by atoms with Crippen LogP contribution in [0.5, 0.6) is 0 Å². The lowest BCUT2D eigenvalue weighted by Crippen LogP contribution is -2.18. The lowest BCUT2D eigenvalue weighted by atomic mass is 10.2. The van der Waals surface area contributed by atoms with Gasteiger partial charge in [0.2, 0.25) is 0 Å². The van der Waals surface area contributed by atoms with Crippen LogP contribution in [-0.4, -0.2) is 12.8 Å². The average Bonchev–Trinajstić information content (AvgIpc) is 2.77. The van der Waals surface area contributed by atoms with Crippen LogP contribution in [0.2, 0.25) is 0 Å². The van der Waals surface area contributed by atoms with Crippen molar-refractivity contribution < 1.29 is 8.81 Å². The standard InChI is InChI=1S/C13H13BrFNOS/c1-16-12(13-11(14)5-6-17-13)8-18-10-4-2-3-9(15)7-10/h2-7,12,16H,8H2,1H3. The van der Waals surface area contributed by atoms with E-state index in [4.69, 9.17) is 4.42 Å². The van der Waals surface area contributed by atoms with E-state index in [0.717, 1.165) is 20.9 Å². The van der Waals surface area contributed by atoms with Gasteiger partial charge in [-0.15, -0.1) is 11.8 Å². The molecule has 0 aliphatic carbocycles. The largest absolute Gasteiger partial charge is 0.466 e. The molecule has 1 unspecified atom stereocenters. The van der Waals surface area contributed by atoms with E-state index in [0.29, 0.717) is 0 Å². The number of nitrogens with one attached hydrogen (secondary N) is 1. The van der Waals surface area contributed by atoms with Crippen molar-refractivity contribution in [1.29, 1.82) is 0 Å². The van der Waals surface area contributed by atoms with Crippen LogP contribution in [-0.2, 0) is 0 Å². The van der Waals surface area contributed by atoms with Crippen LogP contribution in [0.3, 0.4) is 0 Å². The van der Waals surface area contributed by atoms with E-state index in [9.17, 15) is 4.39 Å². The highest BCUT2D eigenvalue weighted by atomic mass is 79.9. The second-order valence-electron chi connectivity index (χ2n) is 3.74. The molecule has 1 heterocycles. The van der Waals surface area contributed by atoms with Gasteiger partial charge in [0, 0.05) is 10.6 Å². The van der Waals surface area contributed by atoms with Crippen molar-refractivity contribution in [2.75, 3.05) is 12.8 Å². The lowest BCUT2D eigenvalue weighted by Gasteiger charge is -2.13. The summed E-state index contributed by atoms with van der Waals surface area (Å²) >= 11 is 5.03. The summed E-state index contributed by atoms with van der Waals surface area (Å²) in [6, 6.07) is 8.55. The van der Waals surface area contributed by atoms with Crippen LogP contribution < -0.4 is 5.32 Å². The quantitative estimate of drug-likeness (QED) is 0.831. The van der Waals surface area contributed by atoms with Crippen molar-refractivity contribution in [2.24, 2.45) is 0 Å². The zero-order valence-electron chi connectivity index (χ0n) is 9.82. The molecule has 96 valence electrons. The first-order valence-electron chi connectivity index (χ1n) is 5.49. The Morgan fingerprint density at radius 1 is 1.44 bits per heavy atom. The first-order valence-corrected chi connectivity index (χ1v) is 7.27. The maximum Gasteiger partial charge on any atom is 0.135 e. The lowest BCUT2D eigenvalue weighted by molar-refractivity contribution is 0.450. The van der Waals surface area contributed by atoms with Gasteiger partial charge in [0.1, 0.15) is 11.6 Å². The summed E-state index contributed by atoms with van der Waals surface area (Å²) in [6.07, 6.45) is 1.65. The smallest absolute Gasteiger partial charge is 0.135 e. The fourth-order valence-corrected chi connectivity index (χ4v) is 3.11. The van der Waals surface area contributed by atoms with Gasteiger partial charge in [-0.3, -0.25) is 0 Å².